The number of sulfone groups is 1. The minimum absolute atomic E-state index is 0.0930. The topological polar surface area (TPSA) is 96.8 Å². The number of aromatic nitrogens is 1. The van der Waals surface area contributed by atoms with E-state index in [-0.39, 0.29) is 17.2 Å². The summed E-state index contributed by atoms with van der Waals surface area (Å²) >= 11 is 0. The third-order valence-electron chi connectivity index (χ3n) is 1.92. The van der Waals surface area contributed by atoms with Gasteiger partial charge in [0, 0.05) is 11.7 Å². The zero-order chi connectivity index (χ0) is 13.1. The van der Waals surface area contributed by atoms with Crippen LogP contribution in [0.4, 0.5) is 0 Å². The van der Waals surface area contributed by atoms with Gasteiger partial charge in [0.15, 0.2) is 9.84 Å². The van der Waals surface area contributed by atoms with E-state index >= 15 is 0 Å². The molecular weight excluding hydrogens is 238 g/mol. The summed E-state index contributed by atoms with van der Waals surface area (Å²) < 4.78 is 23.7. The molecule has 0 fully saturated rings. The summed E-state index contributed by atoms with van der Waals surface area (Å²) in [4.78, 5) is 3.78. The van der Waals surface area contributed by atoms with Gasteiger partial charge in [0.2, 0.25) is 0 Å². The molecule has 0 saturated carbocycles. The Morgan fingerprint density at radius 1 is 1.53 bits per heavy atom. The average molecular weight is 253 g/mol. The first-order valence-electron chi connectivity index (χ1n) is 5.06. The summed E-state index contributed by atoms with van der Waals surface area (Å²) in [7, 11) is -3.28. The Hall–Kier alpha value is -1.45. The first kappa shape index (κ1) is 13.6. The van der Waals surface area contributed by atoms with E-state index in [0.29, 0.717) is 5.56 Å². The van der Waals surface area contributed by atoms with E-state index in [2.05, 4.69) is 4.98 Å². The largest absolute Gasteiger partial charge is 0.325 e. The smallest absolute Gasteiger partial charge is 0.156 e. The maximum Gasteiger partial charge on any atom is 0.156 e. The first-order valence-corrected chi connectivity index (χ1v) is 6.88. The van der Waals surface area contributed by atoms with E-state index in [1.165, 1.54) is 12.3 Å². The van der Waals surface area contributed by atoms with E-state index in [4.69, 9.17) is 11.0 Å². The van der Waals surface area contributed by atoms with E-state index in [0.717, 1.165) is 0 Å². The van der Waals surface area contributed by atoms with Crippen LogP contribution in [0.15, 0.2) is 18.3 Å². The molecule has 0 aliphatic rings. The predicted molar refractivity (Wildman–Crippen MR) is 64.7 cm³/mol. The Kier molecular flexibility index (Phi) is 3.86. The highest BCUT2D eigenvalue weighted by Gasteiger charge is 2.22. The van der Waals surface area contributed by atoms with Crippen LogP contribution < -0.4 is 5.73 Å². The van der Waals surface area contributed by atoms with Crippen LogP contribution in [0.1, 0.15) is 25.1 Å². The van der Waals surface area contributed by atoms with Crippen molar-refractivity contribution < 1.29 is 8.42 Å². The van der Waals surface area contributed by atoms with Crippen LogP contribution in [-0.4, -0.2) is 24.7 Å². The van der Waals surface area contributed by atoms with Crippen molar-refractivity contribution in [3.63, 3.8) is 0 Å². The van der Waals surface area contributed by atoms with Crippen molar-refractivity contribution in [2.75, 3.05) is 5.75 Å². The third-order valence-corrected chi connectivity index (χ3v) is 3.87. The van der Waals surface area contributed by atoms with Crippen LogP contribution in [-0.2, 0) is 15.6 Å². The zero-order valence-corrected chi connectivity index (χ0v) is 10.7. The maximum absolute atomic E-state index is 11.8. The number of hydrogen-bond donors (Lipinski definition) is 1. The lowest BCUT2D eigenvalue weighted by Crippen LogP contribution is -2.40. The number of rotatable bonds is 4. The molecule has 17 heavy (non-hydrogen) atoms. The second-order valence-corrected chi connectivity index (χ2v) is 6.75. The molecule has 0 aromatic carbocycles. The van der Waals surface area contributed by atoms with Crippen molar-refractivity contribution in [2.24, 2.45) is 5.73 Å². The van der Waals surface area contributed by atoms with E-state index in [1.807, 2.05) is 6.07 Å². The quantitative estimate of drug-likeness (QED) is 0.847. The van der Waals surface area contributed by atoms with E-state index in [1.54, 1.807) is 19.9 Å². The van der Waals surface area contributed by atoms with Gasteiger partial charge in [0.05, 0.1) is 11.5 Å². The van der Waals surface area contributed by atoms with Crippen LogP contribution in [0.3, 0.4) is 0 Å². The molecule has 0 radical (unpaired) electrons. The van der Waals surface area contributed by atoms with Crippen LogP contribution in [0.5, 0.6) is 0 Å². The molecule has 0 atom stereocenters. The van der Waals surface area contributed by atoms with Gasteiger partial charge in [0.1, 0.15) is 11.8 Å². The molecule has 1 heterocycles. The third kappa shape index (κ3) is 4.93. The van der Waals surface area contributed by atoms with Crippen molar-refractivity contribution in [3.8, 4) is 6.07 Å². The van der Waals surface area contributed by atoms with Crippen LogP contribution >= 0.6 is 0 Å². The van der Waals surface area contributed by atoms with Gasteiger partial charge in [-0.05, 0) is 31.5 Å². The second kappa shape index (κ2) is 4.82. The molecule has 6 heteroatoms. The molecule has 0 spiro atoms. The number of nitriles is 1. The maximum atomic E-state index is 11.8. The van der Waals surface area contributed by atoms with Crippen LogP contribution in [0, 0.1) is 11.3 Å². The zero-order valence-electron chi connectivity index (χ0n) is 9.84. The molecule has 0 amide bonds. The van der Waals surface area contributed by atoms with Gasteiger partial charge in [0.25, 0.3) is 0 Å². The second-order valence-electron chi connectivity index (χ2n) is 4.68. The Balaban J connectivity index is 2.88. The summed E-state index contributed by atoms with van der Waals surface area (Å²) in [5.74, 6) is -0.213. The highest BCUT2D eigenvalue weighted by molar-refractivity contribution is 7.90. The van der Waals surface area contributed by atoms with Gasteiger partial charge in [-0.1, -0.05) is 0 Å². The molecule has 1 rings (SSSR count). The lowest BCUT2D eigenvalue weighted by Gasteiger charge is -2.18. The summed E-state index contributed by atoms with van der Waals surface area (Å²) in [6.07, 6.45) is 1.43. The molecule has 0 saturated heterocycles. The Labute approximate surface area is 101 Å². The normalized spacial score (nSPS) is 12.1. The molecule has 2 N–H and O–H groups in total. The summed E-state index contributed by atoms with van der Waals surface area (Å²) in [6, 6.07) is 4.93. The Bertz CT molecular complexity index is 539. The SMILES string of the molecule is CC(C)(N)CS(=O)(=O)Cc1ccnc(C#N)c1. The molecule has 92 valence electrons. The number of pyridine rings is 1. The lowest BCUT2D eigenvalue weighted by molar-refractivity contribution is 0.544. The van der Waals surface area contributed by atoms with Crippen molar-refractivity contribution in [3.05, 3.63) is 29.6 Å². The van der Waals surface area contributed by atoms with Crippen molar-refractivity contribution in [1.82, 2.24) is 4.98 Å². The summed E-state index contributed by atoms with van der Waals surface area (Å²) in [5.41, 5.74) is 5.70. The first-order chi connectivity index (χ1) is 7.72. The fraction of sp³-hybridized carbons (Fsp3) is 0.455. The highest BCUT2D eigenvalue weighted by Crippen LogP contribution is 2.11. The molecule has 1 aromatic heterocycles. The molecule has 0 bridgehead atoms. The van der Waals surface area contributed by atoms with Gasteiger partial charge in [-0.25, -0.2) is 13.4 Å². The molecule has 0 aliphatic heterocycles. The van der Waals surface area contributed by atoms with Gasteiger partial charge in [-0.3, -0.25) is 0 Å². The molecule has 0 unspecified atom stereocenters. The van der Waals surface area contributed by atoms with Crippen LogP contribution in [0.25, 0.3) is 0 Å². The van der Waals surface area contributed by atoms with Gasteiger partial charge in [-0.15, -0.1) is 0 Å². The van der Waals surface area contributed by atoms with Crippen molar-refractivity contribution >= 4 is 9.84 Å². The number of hydrogen-bond acceptors (Lipinski definition) is 5. The van der Waals surface area contributed by atoms with Crippen LogP contribution in [0.2, 0.25) is 0 Å². The molecule has 5 nitrogen and oxygen atoms in total. The summed E-state index contributed by atoms with van der Waals surface area (Å²) in [5, 5.41) is 8.66. The Morgan fingerprint density at radius 3 is 2.71 bits per heavy atom. The monoisotopic (exact) mass is 253 g/mol. The highest BCUT2D eigenvalue weighted by atomic mass is 32.2. The predicted octanol–water partition coefficient (Wildman–Crippen LogP) is 0.605. The molecule has 0 aliphatic carbocycles. The molecule has 1 aromatic rings. The standard InChI is InChI=1S/C11H15N3O2S/c1-11(2,13)8-17(15,16)7-9-3-4-14-10(5-9)6-12/h3-5H,7-8,13H2,1-2H3. The number of nitrogens with zero attached hydrogens (tertiary/aromatic N) is 2. The minimum Gasteiger partial charge on any atom is -0.325 e. The fourth-order valence-corrected chi connectivity index (χ4v) is 3.42. The average Bonchev–Trinajstić information content (AvgIpc) is 2.13. The number of nitrogens with two attached hydrogens (primary N) is 1. The minimum atomic E-state index is -3.28. The van der Waals surface area contributed by atoms with Gasteiger partial charge < -0.3 is 5.73 Å². The van der Waals surface area contributed by atoms with Crippen molar-refractivity contribution in [2.45, 2.75) is 25.1 Å². The lowest BCUT2D eigenvalue weighted by atomic mass is 10.1. The van der Waals surface area contributed by atoms with Gasteiger partial charge in [-0.2, -0.15) is 5.26 Å². The Morgan fingerprint density at radius 2 is 2.18 bits per heavy atom. The van der Waals surface area contributed by atoms with Crippen molar-refractivity contribution in [1.29, 1.82) is 5.26 Å². The van der Waals surface area contributed by atoms with E-state index < -0.39 is 15.4 Å². The van der Waals surface area contributed by atoms with E-state index in [9.17, 15) is 8.42 Å². The molecular formula is C11H15N3O2S. The summed E-state index contributed by atoms with van der Waals surface area (Å²) in [6.45, 7) is 3.33. The van der Waals surface area contributed by atoms with Gasteiger partial charge >= 0.3 is 0 Å². The fourth-order valence-electron chi connectivity index (χ4n) is 1.50.